The highest BCUT2D eigenvalue weighted by molar-refractivity contribution is 6.33. The Balaban J connectivity index is 1.58. The number of aryl methyl sites for hydroxylation is 1. The van der Waals surface area contributed by atoms with Gasteiger partial charge in [-0.1, -0.05) is 43.0 Å². The van der Waals surface area contributed by atoms with Gasteiger partial charge < -0.3 is 15.0 Å². The molecule has 3 aromatic rings. The van der Waals surface area contributed by atoms with E-state index in [9.17, 15) is 9.90 Å². The molecule has 0 bridgehead atoms. The zero-order valence-electron chi connectivity index (χ0n) is 15.8. The Morgan fingerprint density at radius 2 is 2.04 bits per heavy atom. The van der Waals surface area contributed by atoms with Crippen LogP contribution in [0.25, 0.3) is 22.6 Å². The first-order valence-corrected chi connectivity index (χ1v) is 9.93. The molecule has 1 aliphatic carbocycles. The van der Waals surface area contributed by atoms with Crippen LogP contribution in [0.2, 0.25) is 5.02 Å². The predicted octanol–water partition coefficient (Wildman–Crippen LogP) is 3.71. The topological polar surface area (TPSA) is 80.0 Å². The summed E-state index contributed by atoms with van der Waals surface area (Å²) in [5, 5.41) is 14.0. The molecular formula is C21H23ClN4O2. The van der Waals surface area contributed by atoms with Crippen LogP contribution in [0.1, 0.15) is 42.5 Å². The van der Waals surface area contributed by atoms with E-state index in [0.29, 0.717) is 27.6 Å². The standard InChI is InChI=1S/C21H23ClN4O2/c1-26-18(15-7-3-4-8-16(15)22)25-17-11-14(12-23-19(17)26)20(27)24-13-21(28)9-5-2-6-10-21/h3-4,7-8,11-12,28H,2,5-6,9-10,13H2,1H3,(H,24,27). The number of aromatic nitrogens is 3. The van der Waals surface area contributed by atoms with E-state index in [1.54, 1.807) is 12.3 Å². The average Bonchev–Trinajstić information content (AvgIpc) is 3.03. The minimum atomic E-state index is -0.798. The molecule has 0 saturated heterocycles. The molecule has 0 unspecified atom stereocenters. The molecule has 1 aliphatic rings. The van der Waals surface area contributed by atoms with E-state index in [-0.39, 0.29) is 12.5 Å². The zero-order chi connectivity index (χ0) is 19.7. The Morgan fingerprint density at radius 1 is 1.29 bits per heavy atom. The number of imidazole rings is 1. The molecule has 7 heteroatoms. The van der Waals surface area contributed by atoms with Crippen molar-refractivity contribution >= 4 is 28.7 Å². The smallest absolute Gasteiger partial charge is 0.253 e. The lowest BCUT2D eigenvalue weighted by atomic mass is 9.85. The second kappa shape index (κ2) is 7.53. The van der Waals surface area contributed by atoms with Gasteiger partial charge in [0.15, 0.2) is 5.65 Å². The Bertz CT molecular complexity index is 1020. The van der Waals surface area contributed by atoms with E-state index in [4.69, 9.17) is 11.6 Å². The van der Waals surface area contributed by atoms with Crippen LogP contribution in [-0.4, -0.2) is 37.7 Å². The number of hydrogen-bond donors (Lipinski definition) is 2. The molecule has 1 aromatic carbocycles. The van der Waals surface area contributed by atoms with Crippen molar-refractivity contribution in [3.63, 3.8) is 0 Å². The van der Waals surface area contributed by atoms with Crippen molar-refractivity contribution in [3.8, 4) is 11.4 Å². The maximum absolute atomic E-state index is 12.6. The number of hydrogen-bond acceptors (Lipinski definition) is 4. The van der Waals surface area contributed by atoms with Gasteiger partial charge in [-0.15, -0.1) is 0 Å². The SMILES string of the molecule is Cn1c(-c2ccccc2Cl)nc2cc(C(=O)NCC3(O)CCCCC3)cnc21. The fourth-order valence-electron chi connectivity index (χ4n) is 3.82. The Morgan fingerprint density at radius 3 is 2.79 bits per heavy atom. The minimum Gasteiger partial charge on any atom is -0.388 e. The molecule has 0 aliphatic heterocycles. The molecule has 1 fully saturated rings. The number of fused-ring (bicyclic) bond motifs is 1. The van der Waals surface area contributed by atoms with Gasteiger partial charge in [0.1, 0.15) is 11.3 Å². The molecule has 146 valence electrons. The molecule has 28 heavy (non-hydrogen) atoms. The number of halogens is 1. The Kier molecular flexibility index (Phi) is 5.08. The van der Waals surface area contributed by atoms with Gasteiger partial charge in [-0.3, -0.25) is 4.79 Å². The number of carbonyl (C=O) groups is 1. The summed E-state index contributed by atoms with van der Waals surface area (Å²) in [5.41, 5.74) is 1.75. The summed E-state index contributed by atoms with van der Waals surface area (Å²) >= 11 is 6.31. The summed E-state index contributed by atoms with van der Waals surface area (Å²) in [4.78, 5) is 21.6. The van der Waals surface area contributed by atoms with Crippen molar-refractivity contribution in [2.45, 2.75) is 37.7 Å². The lowest BCUT2D eigenvalue weighted by Gasteiger charge is -2.32. The summed E-state index contributed by atoms with van der Waals surface area (Å²) in [5.74, 6) is 0.445. The fourth-order valence-corrected chi connectivity index (χ4v) is 4.04. The zero-order valence-corrected chi connectivity index (χ0v) is 16.5. The molecule has 6 nitrogen and oxygen atoms in total. The molecule has 0 radical (unpaired) electrons. The van der Waals surface area contributed by atoms with Crippen LogP contribution in [0.5, 0.6) is 0 Å². The third-order valence-electron chi connectivity index (χ3n) is 5.45. The highest BCUT2D eigenvalue weighted by atomic mass is 35.5. The van der Waals surface area contributed by atoms with Gasteiger partial charge in [-0.05, 0) is 31.0 Å². The fraction of sp³-hybridized carbons (Fsp3) is 0.381. The van der Waals surface area contributed by atoms with E-state index in [0.717, 1.165) is 37.7 Å². The summed E-state index contributed by atoms with van der Waals surface area (Å²) < 4.78 is 1.86. The van der Waals surface area contributed by atoms with Crippen molar-refractivity contribution in [3.05, 3.63) is 47.1 Å². The van der Waals surface area contributed by atoms with Gasteiger partial charge in [-0.25, -0.2) is 9.97 Å². The first-order chi connectivity index (χ1) is 13.5. The van der Waals surface area contributed by atoms with Gasteiger partial charge in [0.25, 0.3) is 5.91 Å². The molecule has 1 amide bonds. The molecule has 2 heterocycles. The average molecular weight is 399 g/mol. The predicted molar refractivity (Wildman–Crippen MR) is 109 cm³/mol. The molecular weight excluding hydrogens is 376 g/mol. The summed E-state index contributed by atoms with van der Waals surface area (Å²) in [7, 11) is 1.87. The molecule has 2 N–H and O–H groups in total. The number of nitrogens with zero attached hydrogens (tertiary/aromatic N) is 3. The number of nitrogens with one attached hydrogen (secondary N) is 1. The first-order valence-electron chi connectivity index (χ1n) is 9.55. The second-order valence-electron chi connectivity index (χ2n) is 7.51. The summed E-state index contributed by atoms with van der Waals surface area (Å²) in [6.45, 7) is 0.261. The van der Waals surface area contributed by atoms with Gasteiger partial charge in [-0.2, -0.15) is 0 Å². The number of aliphatic hydroxyl groups is 1. The molecule has 2 aromatic heterocycles. The Labute approximate surface area is 168 Å². The molecule has 0 atom stereocenters. The van der Waals surface area contributed by atoms with Crippen LogP contribution in [0.4, 0.5) is 0 Å². The molecule has 4 rings (SSSR count). The number of carbonyl (C=O) groups excluding carboxylic acids is 1. The first kappa shape index (κ1) is 18.9. The normalized spacial score (nSPS) is 16.2. The second-order valence-corrected chi connectivity index (χ2v) is 7.92. The number of amides is 1. The largest absolute Gasteiger partial charge is 0.388 e. The summed E-state index contributed by atoms with van der Waals surface area (Å²) in [6, 6.07) is 9.22. The van der Waals surface area contributed by atoms with E-state index in [1.165, 1.54) is 0 Å². The minimum absolute atomic E-state index is 0.252. The monoisotopic (exact) mass is 398 g/mol. The van der Waals surface area contributed by atoms with Crippen LogP contribution < -0.4 is 5.32 Å². The molecule has 1 saturated carbocycles. The third kappa shape index (κ3) is 3.62. The number of rotatable bonds is 4. The van der Waals surface area contributed by atoms with Crippen LogP contribution >= 0.6 is 11.6 Å². The van der Waals surface area contributed by atoms with Crippen molar-refractivity contribution in [2.75, 3.05) is 6.54 Å². The van der Waals surface area contributed by atoms with Gasteiger partial charge >= 0.3 is 0 Å². The maximum Gasteiger partial charge on any atom is 0.253 e. The molecule has 0 spiro atoms. The van der Waals surface area contributed by atoms with Gasteiger partial charge in [0.2, 0.25) is 0 Å². The van der Waals surface area contributed by atoms with Crippen LogP contribution in [0.3, 0.4) is 0 Å². The van der Waals surface area contributed by atoms with Crippen LogP contribution in [-0.2, 0) is 7.05 Å². The van der Waals surface area contributed by atoms with Crippen LogP contribution in [0, 0.1) is 0 Å². The highest BCUT2D eigenvalue weighted by Gasteiger charge is 2.29. The maximum atomic E-state index is 12.6. The quantitative estimate of drug-likeness (QED) is 0.702. The van der Waals surface area contributed by atoms with Gasteiger partial charge in [0, 0.05) is 25.4 Å². The number of pyridine rings is 1. The lowest BCUT2D eigenvalue weighted by Crippen LogP contribution is -2.44. The van der Waals surface area contributed by atoms with Gasteiger partial charge in [0.05, 0.1) is 16.2 Å². The van der Waals surface area contributed by atoms with Crippen molar-refractivity contribution < 1.29 is 9.90 Å². The van der Waals surface area contributed by atoms with E-state index < -0.39 is 5.60 Å². The third-order valence-corrected chi connectivity index (χ3v) is 5.78. The number of benzene rings is 1. The van der Waals surface area contributed by atoms with E-state index in [1.807, 2.05) is 35.9 Å². The van der Waals surface area contributed by atoms with Crippen molar-refractivity contribution in [2.24, 2.45) is 7.05 Å². The van der Waals surface area contributed by atoms with E-state index in [2.05, 4.69) is 15.3 Å². The van der Waals surface area contributed by atoms with E-state index >= 15 is 0 Å². The Hall–Kier alpha value is -2.44. The highest BCUT2D eigenvalue weighted by Crippen LogP contribution is 2.29. The van der Waals surface area contributed by atoms with Crippen molar-refractivity contribution in [1.29, 1.82) is 0 Å². The summed E-state index contributed by atoms with van der Waals surface area (Å²) in [6.07, 6.45) is 6.14. The van der Waals surface area contributed by atoms with Crippen molar-refractivity contribution in [1.82, 2.24) is 19.9 Å². The lowest BCUT2D eigenvalue weighted by molar-refractivity contribution is 0.00525. The van der Waals surface area contributed by atoms with Crippen LogP contribution in [0.15, 0.2) is 36.5 Å².